The van der Waals surface area contributed by atoms with Crippen molar-refractivity contribution >= 4 is 27.3 Å². The number of ether oxygens (including phenoxy) is 1. The van der Waals surface area contributed by atoms with Crippen molar-refractivity contribution in [2.45, 2.75) is 51.8 Å². The van der Waals surface area contributed by atoms with Crippen LogP contribution in [0.3, 0.4) is 0 Å². The van der Waals surface area contributed by atoms with Crippen LogP contribution in [0.15, 0.2) is 34.4 Å². The number of benzene rings is 1. The number of aromatic nitrogens is 1. The van der Waals surface area contributed by atoms with Crippen molar-refractivity contribution in [1.29, 1.82) is 0 Å². The summed E-state index contributed by atoms with van der Waals surface area (Å²) >= 11 is 0. The lowest BCUT2D eigenvalue weighted by atomic mass is 10.2. The van der Waals surface area contributed by atoms with Gasteiger partial charge in [0.15, 0.2) is 6.54 Å². The van der Waals surface area contributed by atoms with E-state index in [1.807, 2.05) is 48.8 Å². The van der Waals surface area contributed by atoms with E-state index in [2.05, 4.69) is 0 Å². The Hall–Kier alpha value is -1.86. The Morgan fingerprint density at radius 3 is 2.64 bits per heavy atom. The first-order chi connectivity index (χ1) is 11.9. The third-order valence-electron chi connectivity index (χ3n) is 4.14. The van der Waals surface area contributed by atoms with Crippen molar-refractivity contribution in [2.24, 2.45) is 0 Å². The van der Waals surface area contributed by atoms with Crippen LogP contribution in [0.2, 0.25) is 0 Å². The quantitative estimate of drug-likeness (QED) is 0.386. The number of aryl methyl sites for hydroxylation is 1. The van der Waals surface area contributed by atoms with Crippen LogP contribution in [0.4, 0.5) is 0 Å². The number of fused-ring (bicyclic) bond motifs is 1. The second-order valence-corrected chi connectivity index (χ2v) is 7.42. The van der Waals surface area contributed by atoms with Crippen LogP contribution in [0.1, 0.15) is 45.9 Å². The Balaban J connectivity index is 2.41. The van der Waals surface area contributed by atoms with Crippen LogP contribution >= 0.6 is 0 Å². The number of rotatable bonds is 9. The molecule has 0 fully saturated rings. The zero-order chi connectivity index (χ0) is 18.4. The molecular weight excluding hydrogens is 342 g/mol. The lowest BCUT2D eigenvalue weighted by Crippen LogP contribution is -2.38. The van der Waals surface area contributed by atoms with Gasteiger partial charge in [0.25, 0.3) is 5.52 Å². The van der Waals surface area contributed by atoms with Gasteiger partial charge in [0.1, 0.15) is 5.76 Å². The Morgan fingerprint density at radius 1 is 1.32 bits per heavy atom. The van der Waals surface area contributed by atoms with E-state index in [1.165, 1.54) is 0 Å². The SMILES string of the molecule is CCOC(=Cc1oc2ccccc2[n+]1CCC(CC)S(=O)(=O)[O-])CC. The maximum Gasteiger partial charge on any atom is 0.377 e. The second-order valence-electron chi connectivity index (χ2n) is 5.77. The standard InChI is InChI=1S/C18H25NO5S/c1-4-14(23-6-3)13-18-19(12-11-15(5-2)25(20,21)22)16-9-7-8-10-17(16)24-18/h7-10,13,15H,4-6,11-12H2,1-3H3. The maximum atomic E-state index is 11.4. The number of nitrogens with zero attached hydrogens (tertiary/aromatic N) is 1. The molecule has 25 heavy (non-hydrogen) atoms. The molecule has 0 aliphatic carbocycles. The van der Waals surface area contributed by atoms with Crippen molar-refractivity contribution in [3.8, 4) is 0 Å². The van der Waals surface area contributed by atoms with E-state index in [9.17, 15) is 13.0 Å². The number of hydrogen-bond donors (Lipinski definition) is 0. The molecule has 0 N–H and O–H groups in total. The van der Waals surface area contributed by atoms with Gasteiger partial charge in [-0.2, -0.15) is 4.57 Å². The summed E-state index contributed by atoms with van der Waals surface area (Å²) in [4.78, 5) is 0. The third kappa shape index (κ3) is 4.83. The zero-order valence-electron chi connectivity index (χ0n) is 14.9. The van der Waals surface area contributed by atoms with E-state index in [4.69, 9.17) is 9.15 Å². The Bertz CT molecular complexity index is 838. The van der Waals surface area contributed by atoms with Gasteiger partial charge in [0, 0.05) is 18.9 Å². The van der Waals surface area contributed by atoms with Gasteiger partial charge in [-0.25, -0.2) is 8.42 Å². The summed E-state index contributed by atoms with van der Waals surface area (Å²) in [6, 6.07) is 7.54. The van der Waals surface area contributed by atoms with Crippen molar-refractivity contribution in [1.82, 2.24) is 0 Å². The molecule has 1 aromatic carbocycles. The van der Waals surface area contributed by atoms with Gasteiger partial charge >= 0.3 is 5.89 Å². The summed E-state index contributed by atoms with van der Waals surface area (Å²) in [5.41, 5.74) is 1.57. The molecule has 0 aliphatic rings. The highest BCUT2D eigenvalue weighted by Gasteiger charge is 2.24. The van der Waals surface area contributed by atoms with Crippen LogP contribution in [0.5, 0.6) is 0 Å². The summed E-state index contributed by atoms with van der Waals surface area (Å²) < 4.78 is 47.5. The van der Waals surface area contributed by atoms with E-state index < -0.39 is 15.4 Å². The summed E-state index contributed by atoms with van der Waals surface area (Å²) in [5, 5.41) is -0.900. The average Bonchev–Trinajstić information content (AvgIpc) is 2.91. The maximum absolute atomic E-state index is 11.4. The first-order valence-corrected chi connectivity index (χ1v) is 10.1. The average molecular weight is 367 g/mol. The molecule has 1 aromatic heterocycles. The van der Waals surface area contributed by atoms with E-state index in [0.29, 0.717) is 31.0 Å². The Kier molecular flexibility index (Phi) is 6.61. The number of hydrogen-bond acceptors (Lipinski definition) is 5. The Morgan fingerprint density at radius 2 is 2.04 bits per heavy atom. The molecule has 1 unspecified atom stereocenters. The molecule has 6 nitrogen and oxygen atoms in total. The van der Waals surface area contributed by atoms with Gasteiger partial charge in [-0.3, -0.25) is 0 Å². The highest BCUT2D eigenvalue weighted by molar-refractivity contribution is 7.86. The first kappa shape index (κ1) is 19.5. The van der Waals surface area contributed by atoms with Crippen LogP contribution in [-0.4, -0.2) is 24.8 Å². The molecule has 0 aliphatic heterocycles. The van der Waals surface area contributed by atoms with Crippen LogP contribution < -0.4 is 4.57 Å². The fourth-order valence-corrected chi connectivity index (χ4v) is 3.59. The van der Waals surface area contributed by atoms with E-state index >= 15 is 0 Å². The predicted molar refractivity (Wildman–Crippen MR) is 94.7 cm³/mol. The smallest absolute Gasteiger partial charge is 0.377 e. The fourth-order valence-electron chi connectivity index (χ4n) is 2.79. The highest BCUT2D eigenvalue weighted by Crippen LogP contribution is 2.18. The second kappa shape index (κ2) is 8.49. The van der Waals surface area contributed by atoms with Crippen molar-refractivity contribution < 1.29 is 26.7 Å². The molecule has 2 rings (SSSR count). The summed E-state index contributed by atoms with van der Waals surface area (Å²) in [7, 11) is -4.30. The van der Waals surface area contributed by atoms with Gasteiger partial charge in [-0.05, 0) is 19.4 Å². The number of para-hydroxylation sites is 2. The van der Waals surface area contributed by atoms with Crippen LogP contribution in [0.25, 0.3) is 17.2 Å². The highest BCUT2D eigenvalue weighted by atomic mass is 32.2. The van der Waals surface area contributed by atoms with E-state index in [-0.39, 0.29) is 6.42 Å². The van der Waals surface area contributed by atoms with Gasteiger partial charge in [-0.15, -0.1) is 0 Å². The molecule has 0 amide bonds. The molecule has 0 saturated carbocycles. The van der Waals surface area contributed by atoms with Crippen LogP contribution in [-0.2, 0) is 21.4 Å². The molecule has 1 heterocycles. The molecule has 1 atom stereocenters. The van der Waals surface area contributed by atoms with E-state index in [0.717, 1.165) is 17.7 Å². The van der Waals surface area contributed by atoms with Gasteiger partial charge < -0.3 is 13.7 Å². The van der Waals surface area contributed by atoms with Gasteiger partial charge in [-0.1, -0.05) is 26.0 Å². The van der Waals surface area contributed by atoms with Crippen molar-refractivity contribution in [3.05, 3.63) is 35.9 Å². The fraction of sp³-hybridized carbons (Fsp3) is 0.500. The third-order valence-corrected chi connectivity index (χ3v) is 5.52. The lowest BCUT2D eigenvalue weighted by molar-refractivity contribution is -0.678. The molecule has 2 aromatic rings. The summed E-state index contributed by atoms with van der Waals surface area (Å²) in [6.07, 6.45) is 3.09. The summed E-state index contributed by atoms with van der Waals surface area (Å²) in [5.74, 6) is 1.38. The van der Waals surface area contributed by atoms with E-state index in [1.54, 1.807) is 6.92 Å². The lowest BCUT2D eigenvalue weighted by Gasteiger charge is -2.17. The monoisotopic (exact) mass is 367 g/mol. The summed E-state index contributed by atoms with van der Waals surface area (Å²) in [6.45, 7) is 6.56. The van der Waals surface area contributed by atoms with Crippen molar-refractivity contribution in [2.75, 3.05) is 6.61 Å². The molecule has 0 radical (unpaired) electrons. The number of allylic oxidation sites excluding steroid dienone is 1. The number of oxazole rings is 1. The Labute approximate surface area is 148 Å². The molecular formula is C18H25NO5S. The topological polar surface area (TPSA) is 83.5 Å². The normalized spacial score (nSPS) is 14.0. The minimum absolute atomic E-state index is 0.244. The largest absolute Gasteiger partial charge is 0.748 e. The van der Waals surface area contributed by atoms with Crippen molar-refractivity contribution in [3.63, 3.8) is 0 Å². The minimum Gasteiger partial charge on any atom is -0.748 e. The molecule has 0 saturated heterocycles. The molecule has 0 bridgehead atoms. The predicted octanol–water partition coefficient (Wildman–Crippen LogP) is 3.22. The minimum atomic E-state index is -4.30. The van der Waals surface area contributed by atoms with Crippen LogP contribution in [0, 0.1) is 0 Å². The molecule has 0 spiro atoms. The molecule has 138 valence electrons. The van der Waals surface area contributed by atoms with Gasteiger partial charge in [0.05, 0.1) is 28.1 Å². The van der Waals surface area contributed by atoms with Gasteiger partial charge in [0.2, 0.25) is 5.58 Å². The zero-order valence-corrected chi connectivity index (χ0v) is 15.7. The first-order valence-electron chi connectivity index (χ1n) is 8.60. The molecule has 7 heteroatoms.